The van der Waals surface area contributed by atoms with Crippen LogP contribution in [-0.2, 0) is 0 Å². The van der Waals surface area contributed by atoms with Crippen LogP contribution in [0.25, 0.3) is 0 Å². The third-order valence-electron chi connectivity index (χ3n) is 1.91. The van der Waals surface area contributed by atoms with Gasteiger partial charge in [-0.2, -0.15) is 0 Å². The molecule has 0 unspecified atom stereocenters. The highest BCUT2D eigenvalue weighted by Crippen LogP contribution is 2.21. The first-order valence-electron chi connectivity index (χ1n) is 3.80. The van der Waals surface area contributed by atoms with Gasteiger partial charge >= 0.3 is 0 Å². The molecule has 0 saturated heterocycles. The second kappa shape index (κ2) is 3.40. The van der Waals surface area contributed by atoms with E-state index >= 15 is 0 Å². The zero-order chi connectivity index (χ0) is 7.40. The lowest BCUT2D eigenvalue weighted by Crippen LogP contribution is -1.78. The fourth-order valence-electron chi connectivity index (χ4n) is 1.21. The Morgan fingerprint density at radius 2 is 2.50 bits per heavy atom. The standard InChI is InChI=1S/C10H14/c1-3-4-7-10-8-5-6-9(10)2/h3,5,8H,1,4,6-7H2,2H3. The van der Waals surface area contributed by atoms with Gasteiger partial charge in [0, 0.05) is 0 Å². The third-order valence-corrected chi connectivity index (χ3v) is 1.91. The maximum absolute atomic E-state index is 3.70. The molecule has 0 bridgehead atoms. The Labute approximate surface area is 62.9 Å². The summed E-state index contributed by atoms with van der Waals surface area (Å²) in [6.07, 6.45) is 9.88. The predicted octanol–water partition coefficient (Wildman–Crippen LogP) is 3.23. The van der Waals surface area contributed by atoms with Gasteiger partial charge in [0.15, 0.2) is 0 Å². The molecule has 0 aromatic rings. The van der Waals surface area contributed by atoms with E-state index in [1.165, 1.54) is 17.6 Å². The maximum atomic E-state index is 3.70. The molecule has 1 aliphatic carbocycles. The second-order valence-electron chi connectivity index (χ2n) is 2.74. The van der Waals surface area contributed by atoms with Gasteiger partial charge in [0.25, 0.3) is 0 Å². The van der Waals surface area contributed by atoms with Crippen LogP contribution in [0.1, 0.15) is 26.2 Å². The molecule has 0 heterocycles. The SMILES string of the molecule is C=CCCC1=C(C)CC=C1. The van der Waals surface area contributed by atoms with E-state index < -0.39 is 0 Å². The van der Waals surface area contributed by atoms with Crippen LogP contribution in [0.4, 0.5) is 0 Å². The van der Waals surface area contributed by atoms with Crippen molar-refractivity contribution in [2.45, 2.75) is 26.2 Å². The zero-order valence-corrected chi connectivity index (χ0v) is 6.56. The van der Waals surface area contributed by atoms with E-state index in [0.29, 0.717) is 0 Å². The number of rotatable bonds is 3. The van der Waals surface area contributed by atoms with Crippen LogP contribution in [0.5, 0.6) is 0 Å². The predicted molar refractivity (Wildman–Crippen MR) is 45.9 cm³/mol. The molecule has 10 heavy (non-hydrogen) atoms. The number of allylic oxidation sites excluding steroid dienone is 5. The van der Waals surface area contributed by atoms with Crippen molar-refractivity contribution in [1.82, 2.24) is 0 Å². The highest BCUT2D eigenvalue weighted by atomic mass is 14.1. The van der Waals surface area contributed by atoms with Gasteiger partial charge in [-0.15, -0.1) is 6.58 Å². The molecule has 0 nitrogen and oxygen atoms in total. The topological polar surface area (TPSA) is 0 Å². The largest absolute Gasteiger partial charge is 0.103 e. The lowest BCUT2D eigenvalue weighted by molar-refractivity contribution is 0.991. The molecule has 0 atom stereocenters. The van der Waals surface area contributed by atoms with E-state index in [2.05, 4.69) is 25.7 Å². The van der Waals surface area contributed by atoms with Crippen LogP contribution in [0.15, 0.2) is 36.0 Å². The minimum Gasteiger partial charge on any atom is -0.103 e. The molecule has 0 radical (unpaired) electrons. The summed E-state index contributed by atoms with van der Waals surface area (Å²) in [6, 6.07) is 0. The molecule has 0 saturated carbocycles. The molecule has 0 aliphatic heterocycles. The van der Waals surface area contributed by atoms with Gasteiger partial charge in [0.1, 0.15) is 0 Å². The van der Waals surface area contributed by atoms with Crippen molar-refractivity contribution in [2.75, 3.05) is 0 Å². The van der Waals surface area contributed by atoms with Crippen molar-refractivity contribution in [2.24, 2.45) is 0 Å². The summed E-state index contributed by atoms with van der Waals surface area (Å²) in [7, 11) is 0. The summed E-state index contributed by atoms with van der Waals surface area (Å²) in [6.45, 7) is 5.91. The molecule has 0 N–H and O–H groups in total. The Kier molecular flexibility index (Phi) is 2.49. The molecule has 0 aromatic carbocycles. The smallest absolute Gasteiger partial charge is 0.0133 e. The lowest BCUT2D eigenvalue weighted by Gasteiger charge is -1.97. The van der Waals surface area contributed by atoms with Gasteiger partial charge in [-0.1, -0.05) is 23.8 Å². The molecule has 0 amide bonds. The number of hydrogen-bond acceptors (Lipinski definition) is 0. The van der Waals surface area contributed by atoms with Crippen molar-refractivity contribution in [3.63, 3.8) is 0 Å². The quantitative estimate of drug-likeness (QED) is 0.520. The van der Waals surface area contributed by atoms with Crippen LogP contribution in [0, 0.1) is 0 Å². The summed E-state index contributed by atoms with van der Waals surface area (Å²) < 4.78 is 0. The van der Waals surface area contributed by atoms with Crippen molar-refractivity contribution < 1.29 is 0 Å². The highest BCUT2D eigenvalue weighted by Gasteiger charge is 2.01. The Hall–Kier alpha value is -0.780. The van der Waals surface area contributed by atoms with Gasteiger partial charge in [0.2, 0.25) is 0 Å². The molecular formula is C10H14. The molecule has 0 aromatic heterocycles. The molecule has 1 aliphatic rings. The van der Waals surface area contributed by atoms with E-state index in [0.717, 1.165) is 12.8 Å². The fraction of sp³-hybridized carbons (Fsp3) is 0.400. The Bertz CT molecular complexity index is 182. The maximum Gasteiger partial charge on any atom is -0.0133 e. The van der Waals surface area contributed by atoms with Crippen molar-refractivity contribution in [3.8, 4) is 0 Å². The molecule has 0 spiro atoms. The van der Waals surface area contributed by atoms with Gasteiger partial charge in [-0.3, -0.25) is 0 Å². The first kappa shape index (κ1) is 7.33. The van der Waals surface area contributed by atoms with Gasteiger partial charge in [-0.25, -0.2) is 0 Å². The molecule has 1 rings (SSSR count). The van der Waals surface area contributed by atoms with Crippen molar-refractivity contribution in [3.05, 3.63) is 36.0 Å². The average molecular weight is 134 g/mol. The average Bonchev–Trinajstić information content (AvgIpc) is 2.31. The van der Waals surface area contributed by atoms with E-state index in [1.54, 1.807) is 0 Å². The zero-order valence-electron chi connectivity index (χ0n) is 6.56. The van der Waals surface area contributed by atoms with Crippen LogP contribution in [0.2, 0.25) is 0 Å². The van der Waals surface area contributed by atoms with Crippen LogP contribution < -0.4 is 0 Å². The summed E-state index contributed by atoms with van der Waals surface area (Å²) in [5, 5.41) is 0. The molecule has 54 valence electrons. The van der Waals surface area contributed by atoms with E-state index in [-0.39, 0.29) is 0 Å². The summed E-state index contributed by atoms with van der Waals surface area (Å²) >= 11 is 0. The molecular weight excluding hydrogens is 120 g/mol. The van der Waals surface area contributed by atoms with E-state index in [1.807, 2.05) is 6.08 Å². The Balaban J connectivity index is 2.45. The Morgan fingerprint density at radius 3 is 3.00 bits per heavy atom. The van der Waals surface area contributed by atoms with Crippen LogP contribution in [-0.4, -0.2) is 0 Å². The van der Waals surface area contributed by atoms with Gasteiger partial charge < -0.3 is 0 Å². The lowest BCUT2D eigenvalue weighted by atomic mass is 10.1. The third kappa shape index (κ3) is 1.60. The van der Waals surface area contributed by atoms with Crippen LogP contribution in [0.3, 0.4) is 0 Å². The van der Waals surface area contributed by atoms with Gasteiger partial charge in [0.05, 0.1) is 0 Å². The fourth-order valence-corrected chi connectivity index (χ4v) is 1.21. The first-order chi connectivity index (χ1) is 4.84. The number of hydrogen-bond donors (Lipinski definition) is 0. The summed E-state index contributed by atoms with van der Waals surface area (Å²) in [5.41, 5.74) is 3.04. The normalized spacial score (nSPS) is 16.5. The minimum absolute atomic E-state index is 1.11. The highest BCUT2D eigenvalue weighted by molar-refractivity contribution is 5.32. The molecule has 0 fully saturated rings. The minimum atomic E-state index is 1.11. The first-order valence-corrected chi connectivity index (χ1v) is 3.80. The van der Waals surface area contributed by atoms with Crippen molar-refractivity contribution >= 4 is 0 Å². The second-order valence-corrected chi connectivity index (χ2v) is 2.74. The van der Waals surface area contributed by atoms with Crippen molar-refractivity contribution in [1.29, 1.82) is 0 Å². The Morgan fingerprint density at radius 1 is 1.70 bits per heavy atom. The van der Waals surface area contributed by atoms with E-state index in [4.69, 9.17) is 0 Å². The molecule has 0 heteroatoms. The summed E-state index contributed by atoms with van der Waals surface area (Å²) in [4.78, 5) is 0. The van der Waals surface area contributed by atoms with Gasteiger partial charge in [-0.05, 0) is 31.8 Å². The van der Waals surface area contributed by atoms with Crippen LogP contribution >= 0.6 is 0 Å². The monoisotopic (exact) mass is 134 g/mol. The summed E-state index contributed by atoms with van der Waals surface area (Å²) in [5.74, 6) is 0. The van der Waals surface area contributed by atoms with E-state index in [9.17, 15) is 0 Å².